The number of unbranched alkanes of at least 4 members (excludes halogenated alkanes) is 6. The minimum absolute atomic E-state index is 0.348. The molecule has 0 bridgehead atoms. The quantitative estimate of drug-likeness (QED) is 0.342. The normalized spacial score (nSPS) is 38.1. The zero-order valence-corrected chi connectivity index (χ0v) is 18.7. The number of Topliss-reactive ketones (excluding diaryl/α,β-unsaturated/α-hetero) is 1. The first-order valence-corrected chi connectivity index (χ1v) is 12.8. The van der Waals surface area contributed by atoms with Crippen molar-refractivity contribution < 1.29 is 9.18 Å². The van der Waals surface area contributed by atoms with Crippen LogP contribution in [0.1, 0.15) is 129 Å². The number of hydrogen-bond donors (Lipinski definition) is 0. The van der Waals surface area contributed by atoms with E-state index in [4.69, 9.17) is 0 Å². The molecule has 3 saturated carbocycles. The molecule has 0 amide bonds. The van der Waals surface area contributed by atoms with E-state index in [1.54, 1.807) is 0 Å². The van der Waals surface area contributed by atoms with Crippen LogP contribution in [0.25, 0.3) is 0 Å². The summed E-state index contributed by atoms with van der Waals surface area (Å²) in [4.78, 5) is 13.3. The molecule has 1 nitrogen and oxygen atoms in total. The second kappa shape index (κ2) is 10.1. The van der Waals surface area contributed by atoms with Crippen molar-refractivity contribution in [2.75, 3.05) is 0 Å². The molecule has 0 unspecified atom stereocenters. The van der Waals surface area contributed by atoms with Crippen LogP contribution in [-0.2, 0) is 4.79 Å². The van der Waals surface area contributed by atoms with E-state index in [1.807, 2.05) is 0 Å². The van der Waals surface area contributed by atoms with Crippen molar-refractivity contribution in [2.45, 2.75) is 136 Å². The first kappa shape index (κ1) is 22.3. The highest BCUT2D eigenvalue weighted by Crippen LogP contribution is 2.65. The minimum Gasteiger partial charge on any atom is -0.298 e. The molecule has 3 aliphatic rings. The highest BCUT2D eigenvalue weighted by atomic mass is 19.1. The number of carbonyl (C=O) groups excluding carboxylic acids is 1. The Labute approximate surface area is 173 Å². The lowest BCUT2D eigenvalue weighted by molar-refractivity contribution is -0.193. The molecule has 3 rings (SSSR count). The van der Waals surface area contributed by atoms with Gasteiger partial charge in [0.15, 0.2) is 5.78 Å². The molecule has 0 radical (unpaired) electrons. The van der Waals surface area contributed by atoms with E-state index in [9.17, 15) is 4.79 Å². The van der Waals surface area contributed by atoms with Crippen molar-refractivity contribution in [2.24, 2.45) is 22.7 Å². The Hall–Kier alpha value is -0.400. The minimum atomic E-state index is -0.838. The highest BCUT2D eigenvalue weighted by molar-refractivity contribution is 5.98. The van der Waals surface area contributed by atoms with E-state index in [2.05, 4.69) is 13.8 Å². The molecular weight excluding hydrogens is 347 g/mol. The Morgan fingerprint density at radius 2 is 1.11 bits per heavy atom. The molecule has 3 aliphatic carbocycles. The first-order chi connectivity index (χ1) is 13.6. The Morgan fingerprint density at radius 1 is 0.714 bits per heavy atom. The molecular formula is C26H45FO. The van der Waals surface area contributed by atoms with Gasteiger partial charge in [-0.05, 0) is 63.2 Å². The summed E-state index contributed by atoms with van der Waals surface area (Å²) in [6.45, 7) is 4.51. The van der Waals surface area contributed by atoms with Crippen LogP contribution in [-0.4, -0.2) is 12.0 Å². The van der Waals surface area contributed by atoms with Crippen molar-refractivity contribution in [1.82, 2.24) is 0 Å². The molecule has 3 fully saturated rings. The number of ketones is 1. The summed E-state index contributed by atoms with van der Waals surface area (Å²) >= 11 is 0. The summed E-state index contributed by atoms with van der Waals surface area (Å²) in [6.07, 6.45) is 20.1. The van der Waals surface area contributed by atoms with Crippen LogP contribution in [0.2, 0.25) is 0 Å². The lowest BCUT2D eigenvalue weighted by atomic mass is 9.41. The third-order valence-electron chi connectivity index (χ3n) is 8.80. The van der Waals surface area contributed by atoms with Gasteiger partial charge in [0.25, 0.3) is 0 Å². The lowest BCUT2D eigenvalue weighted by Crippen LogP contribution is -2.69. The number of alkyl halides is 1. The monoisotopic (exact) mass is 392 g/mol. The second-order valence-corrected chi connectivity index (χ2v) is 10.6. The number of rotatable bonds is 10. The fourth-order valence-electron chi connectivity index (χ4n) is 6.82. The average molecular weight is 393 g/mol. The molecule has 0 saturated heterocycles. The topological polar surface area (TPSA) is 17.1 Å². The molecule has 0 heterocycles. The highest BCUT2D eigenvalue weighted by Gasteiger charge is 2.71. The van der Waals surface area contributed by atoms with E-state index in [0.29, 0.717) is 5.78 Å². The van der Waals surface area contributed by atoms with Gasteiger partial charge in [0.1, 0.15) is 6.17 Å². The number of carbonyl (C=O) groups is 1. The van der Waals surface area contributed by atoms with Crippen molar-refractivity contribution in [1.29, 1.82) is 0 Å². The van der Waals surface area contributed by atoms with Crippen LogP contribution in [0.4, 0.5) is 4.39 Å². The van der Waals surface area contributed by atoms with Gasteiger partial charge in [-0.25, -0.2) is 4.39 Å². The van der Waals surface area contributed by atoms with Crippen molar-refractivity contribution >= 4 is 5.78 Å². The maximum absolute atomic E-state index is 15.6. The van der Waals surface area contributed by atoms with Gasteiger partial charge >= 0.3 is 0 Å². The molecule has 0 aromatic rings. The largest absolute Gasteiger partial charge is 0.298 e. The van der Waals surface area contributed by atoms with Crippen molar-refractivity contribution in [3.8, 4) is 0 Å². The van der Waals surface area contributed by atoms with Crippen LogP contribution < -0.4 is 0 Å². The summed E-state index contributed by atoms with van der Waals surface area (Å²) < 4.78 is 15.6. The zero-order valence-electron chi connectivity index (χ0n) is 18.7. The van der Waals surface area contributed by atoms with E-state index >= 15 is 4.39 Å². The smallest absolute Gasteiger partial charge is 0.151 e. The third kappa shape index (κ3) is 4.36. The molecule has 2 heteroatoms. The van der Waals surface area contributed by atoms with E-state index in [-0.39, 0.29) is 0 Å². The SMILES string of the molecule is CCCCCCCC1CCC2(CC1)C(=O)C1(CCC(CCCCC)CC1)[C@@H]2F. The van der Waals surface area contributed by atoms with Gasteiger partial charge in [0.05, 0.1) is 10.8 Å². The van der Waals surface area contributed by atoms with Gasteiger partial charge in [-0.2, -0.15) is 0 Å². The van der Waals surface area contributed by atoms with Crippen molar-refractivity contribution in [3.63, 3.8) is 0 Å². The van der Waals surface area contributed by atoms with Gasteiger partial charge in [-0.15, -0.1) is 0 Å². The summed E-state index contributed by atoms with van der Waals surface area (Å²) in [5, 5.41) is 0. The average Bonchev–Trinajstić information content (AvgIpc) is 2.74. The number of hydrogen-bond acceptors (Lipinski definition) is 1. The molecule has 0 aliphatic heterocycles. The maximum atomic E-state index is 15.6. The van der Waals surface area contributed by atoms with Gasteiger partial charge in [0, 0.05) is 0 Å². The third-order valence-corrected chi connectivity index (χ3v) is 8.80. The summed E-state index contributed by atoms with van der Waals surface area (Å²) in [5.41, 5.74) is -1.12. The van der Waals surface area contributed by atoms with Gasteiger partial charge in [0.2, 0.25) is 0 Å². The molecule has 0 aromatic carbocycles. The summed E-state index contributed by atoms with van der Waals surface area (Å²) in [6, 6.07) is 0. The van der Waals surface area contributed by atoms with E-state index in [1.165, 1.54) is 64.2 Å². The van der Waals surface area contributed by atoms with Crippen molar-refractivity contribution in [3.05, 3.63) is 0 Å². The zero-order chi connectivity index (χ0) is 20.0. The predicted octanol–water partition coefficient (Wildman–Crippen LogP) is 8.20. The second-order valence-electron chi connectivity index (χ2n) is 10.6. The van der Waals surface area contributed by atoms with Crippen LogP contribution in [0.15, 0.2) is 0 Å². The Bertz CT molecular complexity index is 483. The fourth-order valence-corrected chi connectivity index (χ4v) is 6.82. The molecule has 0 aromatic heterocycles. The predicted molar refractivity (Wildman–Crippen MR) is 116 cm³/mol. The lowest BCUT2D eigenvalue weighted by Gasteiger charge is -2.61. The van der Waals surface area contributed by atoms with E-state index in [0.717, 1.165) is 63.2 Å². The molecule has 28 heavy (non-hydrogen) atoms. The van der Waals surface area contributed by atoms with Gasteiger partial charge < -0.3 is 0 Å². The number of halogens is 1. The van der Waals surface area contributed by atoms with Crippen LogP contribution >= 0.6 is 0 Å². The molecule has 1 atom stereocenters. The Morgan fingerprint density at radius 3 is 1.54 bits per heavy atom. The standard InChI is InChI=1S/C26H45FO/c1-3-5-7-8-10-12-22-15-19-26(20-16-22)23(27)25(24(26)28)17-13-21(14-18-25)11-9-6-4-2/h21-23H,3-20H2,1-2H3/t21?,22?,23-,25?,26?/m0/s1. The first-order valence-electron chi connectivity index (χ1n) is 12.8. The van der Waals surface area contributed by atoms with E-state index < -0.39 is 17.0 Å². The van der Waals surface area contributed by atoms with Crippen LogP contribution in [0.5, 0.6) is 0 Å². The maximum Gasteiger partial charge on any atom is 0.151 e. The van der Waals surface area contributed by atoms with Gasteiger partial charge in [-0.3, -0.25) is 4.79 Å². The molecule has 0 N–H and O–H groups in total. The Balaban J connectivity index is 1.42. The van der Waals surface area contributed by atoms with Gasteiger partial charge in [-0.1, -0.05) is 78.1 Å². The fraction of sp³-hybridized carbons (Fsp3) is 0.962. The molecule has 2 spiro atoms. The summed E-state index contributed by atoms with van der Waals surface area (Å²) in [5.74, 6) is 1.84. The summed E-state index contributed by atoms with van der Waals surface area (Å²) in [7, 11) is 0. The van der Waals surface area contributed by atoms with Crippen LogP contribution in [0, 0.1) is 22.7 Å². The van der Waals surface area contributed by atoms with Crippen LogP contribution in [0.3, 0.4) is 0 Å². The molecule has 162 valence electrons. The Kier molecular flexibility index (Phi) is 8.02.